The number of thioether (sulfide) groups is 1. The number of rotatable bonds is 8. The number of amides is 1. The Morgan fingerprint density at radius 1 is 1.34 bits per heavy atom. The highest BCUT2D eigenvalue weighted by molar-refractivity contribution is 8.00. The molecule has 32 heavy (non-hydrogen) atoms. The van der Waals surface area contributed by atoms with Gasteiger partial charge in [0.15, 0.2) is 0 Å². The molecule has 3 heterocycles. The second kappa shape index (κ2) is 9.74. The van der Waals surface area contributed by atoms with Crippen molar-refractivity contribution in [3.05, 3.63) is 96.8 Å². The lowest BCUT2D eigenvalue weighted by Crippen LogP contribution is -2.29. The molecule has 1 aliphatic heterocycles. The van der Waals surface area contributed by atoms with Crippen LogP contribution in [0.4, 0.5) is 4.39 Å². The van der Waals surface area contributed by atoms with E-state index in [0.717, 1.165) is 22.6 Å². The van der Waals surface area contributed by atoms with Crippen molar-refractivity contribution in [2.24, 2.45) is 0 Å². The molecule has 1 aromatic carbocycles. The molecule has 164 valence electrons. The summed E-state index contributed by atoms with van der Waals surface area (Å²) in [7, 11) is 0. The van der Waals surface area contributed by atoms with E-state index in [-0.39, 0.29) is 22.9 Å². The quantitative estimate of drug-likeness (QED) is 0.367. The fraction of sp³-hybridized carbons (Fsp3) is 0.167. The van der Waals surface area contributed by atoms with Gasteiger partial charge in [0.1, 0.15) is 22.6 Å². The number of carbonyl (C=O) groups excluding carboxylic acids is 1. The first-order valence-corrected chi connectivity index (χ1v) is 11.2. The lowest BCUT2D eigenvalue weighted by molar-refractivity contribution is -0.128. The second-order valence-electron chi connectivity index (χ2n) is 7.20. The van der Waals surface area contributed by atoms with E-state index in [1.807, 2.05) is 35.5 Å². The highest BCUT2D eigenvalue weighted by Gasteiger charge is 2.35. The van der Waals surface area contributed by atoms with Crippen LogP contribution in [0.2, 0.25) is 0 Å². The lowest BCUT2D eigenvalue weighted by Gasteiger charge is -2.23. The van der Waals surface area contributed by atoms with Gasteiger partial charge in [-0.2, -0.15) is 5.10 Å². The van der Waals surface area contributed by atoms with E-state index in [2.05, 4.69) is 11.6 Å². The van der Waals surface area contributed by atoms with Gasteiger partial charge >= 0.3 is 0 Å². The Hall–Kier alpha value is -3.52. The molecule has 1 fully saturated rings. The third-order valence-electron chi connectivity index (χ3n) is 5.07. The number of hydrogen-bond acceptors (Lipinski definition) is 4. The molecule has 3 aromatic rings. The van der Waals surface area contributed by atoms with E-state index in [0.29, 0.717) is 18.7 Å². The Kier molecular flexibility index (Phi) is 6.61. The van der Waals surface area contributed by atoms with Crippen LogP contribution in [0.15, 0.2) is 85.4 Å². The molecule has 0 aliphatic carbocycles. The van der Waals surface area contributed by atoms with Gasteiger partial charge in [0.05, 0.1) is 17.1 Å². The Morgan fingerprint density at radius 3 is 2.88 bits per heavy atom. The molecule has 6 nitrogen and oxygen atoms in total. The zero-order valence-corrected chi connectivity index (χ0v) is 18.1. The predicted octanol–water partition coefficient (Wildman–Crippen LogP) is 5.15. The number of aromatic amines is 1. The largest absolute Gasteiger partial charge is 0.508 e. The van der Waals surface area contributed by atoms with Crippen LogP contribution in [0, 0.1) is 5.82 Å². The van der Waals surface area contributed by atoms with Gasteiger partial charge in [0, 0.05) is 24.5 Å². The Bertz CT molecular complexity index is 1150. The Morgan fingerprint density at radius 2 is 2.16 bits per heavy atom. The minimum absolute atomic E-state index is 0.0739. The number of hydrogen-bond donors (Lipinski definition) is 2. The zero-order valence-electron chi connectivity index (χ0n) is 17.3. The van der Waals surface area contributed by atoms with Gasteiger partial charge in [-0.3, -0.25) is 4.79 Å². The van der Waals surface area contributed by atoms with Crippen LogP contribution in [0.1, 0.15) is 17.4 Å². The fourth-order valence-corrected chi connectivity index (χ4v) is 4.70. The number of nitrogens with zero attached hydrogens (tertiary/aromatic N) is 3. The van der Waals surface area contributed by atoms with E-state index in [4.69, 9.17) is 5.10 Å². The average Bonchev–Trinajstić information content (AvgIpc) is 3.54. The third kappa shape index (κ3) is 4.70. The highest BCUT2D eigenvalue weighted by atomic mass is 32.2. The Balaban J connectivity index is 1.62. The summed E-state index contributed by atoms with van der Waals surface area (Å²) in [6, 6.07) is 9.98. The number of halogens is 1. The van der Waals surface area contributed by atoms with Crippen molar-refractivity contribution in [1.82, 2.24) is 19.7 Å². The van der Waals surface area contributed by atoms with Crippen molar-refractivity contribution in [3.63, 3.8) is 0 Å². The summed E-state index contributed by atoms with van der Waals surface area (Å²) in [6.45, 7) is 4.04. The summed E-state index contributed by atoms with van der Waals surface area (Å²) in [6.07, 6.45) is 11.0. The van der Waals surface area contributed by atoms with Crippen molar-refractivity contribution in [2.45, 2.75) is 11.8 Å². The molecule has 8 heteroatoms. The molecule has 0 radical (unpaired) electrons. The molecule has 2 N–H and O–H groups in total. The number of benzene rings is 1. The smallest absolute Gasteiger partial charge is 0.233 e. The zero-order chi connectivity index (χ0) is 22.5. The predicted molar refractivity (Wildman–Crippen MR) is 125 cm³/mol. The number of nitrogens with one attached hydrogen (secondary N) is 1. The van der Waals surface area contributed by atoms with E-state index >= 15 is 0 Å². The lowest BCUT2D eigenvalue weighted by atomic mass is 10.1. The molecule has 0 bridgehead atoms. The number of aromatic nitrogens is 3. The van der Waals surface area contributed by atoms with Gasteiger partial charge in [0.2, 0.25) is 5.91 Å². The number of aliphatic hydroxyl groups is 1. The molecular formula is C24H23FN4O2S. The molecule has 0 spiro atoms. The molecular weight excluding hydrogens is 427 g/mol. The topological polar surface area (TPSA) is 74.2 Å². The van der Waals surface area contributed by atoms with Crippen LogP contribution in [-0.4, -0.2) is 43.0 Å². The first-order chi connectivity index (χ1) is 15.6. The number of carbonyl (C=O) groups is 1. The molecule has 2 aromatic heterocycles. The average molecular weight is 451 g/mol. The van der Waals surface area contributed by atoms with Crippen molar-refractivity contribution in [2.75, 3.05) is 12.3 Å². The van der Waals surface area contributed by atoms with Crippen LogP contribution < -0.4 is 0 Å². The monoisotopic (exact) mass is 450 g/mol. The van der Waals surface area contributed by atoms with E-state index in [1.165, 1.54) is 18.2 Å². The van der Waals surface area contributed by atoms with E-state index in [1.54, 1.807) is 40.7 Å². The maximum atomic E-state index is 13.4. The van der Waals surface area contributed by atoms with Crippen LogP contribution in [0.5, 0.6) is 0 Å². The normalized spacial score (nSPS) is 16.9. The van der Waals surface area contributed by atoms with E-state index < -0.39 is 0 Å². The van der Waals surface area contributed by atoms with Gasteiger partial charge in [-0.25, -0.2) is 9.07 Å². The van der Waals surface area contributed by atoms with Gasteiger partial charge in [-0.15, -0.1) is 11.8 Å². The first kappa shape index (κ1) is 21.7. The summed E-state index contributed by atoms with van der Waals surface area (Å²) < 4.78 is 15.1. The Labute approximate surface area is 189 Å². The first-order valence-electron chi connectivity index (χ1n) is 10.2. The minimum Gasteiger partial charge on any atom is -0.508 e. The maximum Gasteiger partial charge on any atom is 0.233 e. The molecule has 1 saturated heterocycles. The minimum atomic E-state index is -0.307. The molecule has 1 atom stereocenters. The van der Waals surface area contributed by atoms with Crippen LogP contribution in [0.25, 0.3) is 17.1 Å². The second-order valence-corrected chi connectivity index (χ2v) is 8.27. The molecule has 1 unspecified atom stereocenters. The van der Waals surface area contributed by atoms with E-state index in [9.17, 15) is 14.3 Å². The van der Waals surface area contributed by atoms with Gasteiger partial charge < -0.3 is 15.0 Å². The van der Waals surface area contributed by atoms with Crippen molar-refractivity contribution in [3.8, 4) is 17.1 Å². The van der Waals surface area contributed by atoms with Crippen molar-refractivity contribution >= 4 is 17.7 Å². The molecule has 1 amide bonds. The van der Waals surface area contributed by atoms with Crippen LogP contribution in [0.3, 0.4) is 0 Å². The van der Waals surface area contributed by atoms with Crippen molar-refractivity contribution < 1.29 is 14.3 Å². The van der Waals surface area contributed by atoms with Crippen LogP contribution in [-0.2, 0) is 4.79 Å². The van der Waals surface area contributed by atoms with Crippen LogP contribution >= 0.6 is 11.8 Å². The summed E-state index contributed by atoms with van der Waals surface area (Å²) in [4.78, 5) is 17.7. The third-order valence-corrected chi connectivity index (χ3v) is 6.31. The summed E-state index contributed by atoms with van der Waals surface area (Å²) in [5.41, 5.74) is 3.26. The molecule has 1 aliphatic rings. The maximum absolute atomic E-state index is 13.4. The molecule has 0 saturated carbocycles. The van der Waals surface area contributed by atoms with Gasteiger partial charge in [-0.1, -0.05) is 18.7 Å². The number of H-pyrrole nitrogens is 1. The van der Waals surface area contributed by atoms with Crippen molar-refractivity contribution in [1.29, 1.82) is 0 Å². The number of allylic oxidation sites excluding steroid dienone is 3. The van der Waals surface area contributed by atoms with Gasteiger partial charge in [-0.05, 0) is 55.0 Å². The fourth-order valence-electron chi connectivity index (χ4n) is 3.48. The highest BCUT2D eigenvalue weighted by Crippen LogP contribution is 2.42. The van der Waals surface area contributed by atoms with Gasteiger partial charge in [0.25, 0.3) is 0 Å². The summed E-state index contributed by atoms with van der Waals surface area (Å²) >= 11 is 1.57. The summed E-state index contributed by atoms with van der Waals surface area (Å²) in [5, 5.41) is 14.0. The standard InChI is InChI=1S/C24H23FN4O2S/c1-2-19(30)7-4-3-5-14-28-22(31)16-32-24(28)20-15-29(18-11-9-17(25)10-12-18)27-23(20)21-8-6-13-26-21/h2-4,6-13,15,24,26,30H,1,5,14,16H2/b4-3+,19-7+. The SMILES string of the molecule is C=C/C(O)=C\C=C\CCN1C(=O)CSC1c1cn(-c2ccc(F)cc2)nc1-c1ccc[nH]1. The number of aliphatic hydroxyl groups excluding tert-OH is 1. The molecule has 4 rings (SSSR count). The summed E-state index contributed by atoms with van der Waals surface area (Å²) in [5.74, 6) is 0.260.